The van der Waals surface area contributed by atoms with Gasteiger partial charge >= 0.3 is 0 Å². The van der Waals surface area contributed by atoms with Crippen molar-refractivity contribution < 1.29 is 9.13 Å². The Kier molecular flexibility index (Phi) is 6.09. The van der Waals surface area contributed by atoms with Crippen molar-refractivity contribution >= 4 is 0 Å². The van der Waals surface area contributed by atoms with Crippen LogP contribution in [0.3, 0.4) is 0 Å². The molecule has 2 heterocycles. The van der Waals surface area contributed by atoms with Gasteiger partial charge in [-0.25, -0.2) is 9.07 Å². The summed E-state index contributed by atoms with van der Waals surface area (Å²) in [6.07, 6.45) is 5.67. The number of nitrogens with zero attached hydrogens (tertiary/aromatic N) is 4. The van der Waals surface area contributed by atoms with E-state index in [1.807, 2.05) is 47.4 Å². The molecule has 2 aromatic heterocycles. The number of methoxy groups -OCH3 is 1. The highest BCUT2D eigenvalue weighted by Crippen LogP contribution is 2.29. The molecule has 0 fully saturated rings. The number of rotatable bonds is 7. The van der Waals surface area contributed by atoms with Crippen LogP contribution in [0.15, 0.2) is 73.2 Å². The monoisotopic (exact) mass is 416 g/mol. The smallest absolute Gasteiger partial charge is 0.165 e. The van der Waals surface area contributed by atoms with Crippen molar-refractivity contribution in [2.75, 3.05) is 14.2 Å². The van der Waals surface area contributed by atoms with Crippen molar-refractivity contribution in [1.82, 2.24) is 19.7 Å². The minimum absolute atomic E-state index is 0.220. The molecule has 0 aliphatic rings. The Hall–Kier alpha value is -3.51. The molecule has 0 aliphatic carbocycles. The van der Waals surface area contributed by atoms with Crippen molar-refractivity contribution in [2.24, 2.45) is 0 Å². The number of para-hydroxylation sites is 1. The molecule has 6 heteroatoms. The zero-order valence-electron chi connectivity index (χ0n) is 17.9. The third-order valence-electron chi connectivity index (χ3n) is 5.19. The summed E-state index contributed by atoms with van der Waals surface area (Å²) in [5.74, 6) is -0.183. The molecule has 0 saturated carbocycles. The maximum absolute atomic E-state index is 14.4. The molecule has 158 valence electrons. The predicted octanol–water partition coefficient (Wildman–Crippen LogP) is 5.02. The largest absolute Gasteiger partial charge is 0.494 e. The minimum Gasteiger partial charge on any atom is -0.494 e. The number of ether oxygens (including phenoxy) is 1. The van der Waals surface area contributed by atoms with Crippen molar-refractivity contribution in [2.45, 2.75) is 20.0 Å². The average molecular weight is 417 g/mol. The molecule has 0 saturated heterocycles. The van der Waals surface area contributed by atoms with E-state index in [9.17, 15) is 4.39 Å². The fraction of sp³-hybridized carbons (Fsp3) is 0.200. The molecule has 4 rings (SSSR count). The fourth-order valence-electron chi connectivity index (χ4n) is 3.68. The number of hydrogen-bond donors (Lipinski definition) is 0. The molecule has 0 spiro atoms. The van der Waals surface area contributed by atoms with E-state index in [2.05, 4.69) is 36.0 Å². The van der Waals surface area contributed by atoms with Gasteiger partial charge in [0.2, 0.25) is 0 Å². The van der Waals surface area contributed by atoms with Gasteiger partial charge in [-0.15, -0.1) is 0 Å². The summed E-state index contributed by atoms with van der Waals surface area (Å²) in [5.41, 5.74) is 5.73. The molecular formula is C25H25FN4O. The van der Waals surface area contributed by atoms with Crippen LogP contribution >= 0.6 is 0 Å². The lowest BCUT2D eigenvalue weighted by molar-refractivity contribution is 0.319. The number of halogens is 1. The number of hydrogen-bond acceptors (Lipinski definition) is 4. The van der Waals surface area contributed by atoms with E-state index in [-0.39, 0.29) is 5.75 Å². The van der Waals surface area contributed by atoms with E-state index in [1.54, 1.807) is 12.3 Å². The summed E-state index contributed by atoms with van der Waals surface area (Å²) in [5, 5.41) is 4.84. The quantitative estimate of drug-likeness (QED) is 0.424. The van der Waals surface area contributed by atoms with Crippen LogP contribution in [0.25, 0.3) is 16.9 Å². The number of pyridine rings is 1. The summed E-state index contributed by atoms with van der Waals surface area (Å²) >= 11 is 0. The molecule has 0 N–H and O–H groups in total. The first-order valence-corrected chi connectivity index (χ1v) is 10.1. The summed E-state index contributed by atoms with van der Waals surface area (Å²) in [7, 11) is 3.51. The molecule has 5 nitrogen and oxygen atoms in total. The summed E-state index contributed by atoms with van der Waals surface area (Å²) in [4.78, 5) is 6.39. The highest BCUT2D eigenvalue weighted by molar-refractivity contribution is 5.64. The number of benzene rings is 2. The van der Waals surface area contributed by atoms with Crippen molar-refractivity contribution in [3.05, 3.63) is 95.7 Å². The van der Waals surface area contributed by atoms with Gasteiger partial charge in [0, 0.05) is 42.8 Å². The lowest BCUT2D eigenvalue weighted by Crippen LogP contribution is -2.17. The van der Waals surface area contributed by atoms with Gasteiger partial charge in [-0.1, -0.05) is 24.3 Å². The van der Waals surface area contributed by atoms with Crippen LogP contribution in [0.2, 0.25) is 0 Å². The summed E-state index contributed by atoms with van der Waals surface area (Å²) in [6.45, 7) is 3.46. The van der Waals surface area contributed by atoms with Gasteiger partial charge in [-0.3, -0.25) is 9.88 Å². The lowest BCUT2D eigenvalue weighted by Gasteiger charge is -2.16. The molecule has 0 amide bonds. The second-order valence-corrected chi connectivity index (χ2v) is 7.62. The first-order chi connectivity index (χ1) is 15.0. The van der Waals surface area contributed by atoms with E-state index in [1.165, 1.54) is 13.2 Å². The van der Waals surface area contributed by atoms with E-state index >= 15 is 0 Å². The van der Waals surface area contributed by atoms with Crippen molar-refractivity contribution in [3.63, 3.8) is 0 Å². The molecule has 2 aromatic carbocycles. The standard InChI is InChI=1S/C25H25FN4O/c1-18-7-4-5-9-23(18)30-17-21(16-29(2)15-19-8-6-12-27-14-19)25(28-30)20-10-11-24(31-3)22(26)13-20/h4-14,17H,15-16H2,1-3H3. The number of aryl methyl sites for hydroxylation is 1. The van der Waals surface area contributed by atoms with Gasteiger partial charge in [0.1, 0.15) is 0 Å². The molecule has 0 radical (unpaired) electrons. The van der Waals surface area contributed by atoms with Crippen molar-refractivity contribution in [3.8, 4) is 22.7 Å². The van der Waals surface area contributed by atoms with Gasteiger partial charge in [-0.05, 0) is 55.4 Å². The van der Waals surface area contributed by atoms with Crippen LogP contribution in [0.5, 0.6) is 5.75 Å². The van der Waals surface area contributed by atoms with E-state index in [0.717, 1.165) is 40.2 Å². The average Bonchev–Trinajstić information content (AvgIpc) is 3.18. The third-order valence-corrected chi connectivity index (χ3v) is 5.19. The Bertz CT molecular complexity index is 1170. The Morgan fingerprint density at radius 3 is 2.61 bits per heavy atom. The zero-order chi connectivity index (χ0) is 21.8. The molecule has 0 atom stereocenters. The molecular weight excluding hydrogens is 391 g/mol. The SMILES string of the molecule is COc1ccc(-c2nn(-c3ccccc3C)cc2CN(C)Cc2cccnc2)cc1F. The van der Waals surface area contributed by atoms with Gasteiger partial charge in [-0.2, -0.15) is 5.10 Å². The molecule has 31 heavy (non-hydrogen) atoms. The Morgan fingerprint density at radius 2 is 1.90 bits per heavy atom. The first kappa shape index (κ1) is 20.8. The van der Waals surface area contributed by atoms with Crippen molar-refractivity contribution in [1.29, 1.82) is 0 Å². The molecule has 0 aliphatic heterocycles. The van der Waals surface area contributed by atoms with Gasteiger partial charge in [0.15, 0.2) is 11.6 Å². The fourth-order valence-corrected chi connectivity index (χ4v) is 3.68. The Morgan fingerprint density at radius 1 is 1.06 bits per heavy atom. The van der Waals surface area contributed by atoms with Crippen LogP contribution in [-0.2, 0) is 13.1 Å². The highest BCUT2D eigenvalue weighted by atomic mass is 19.1. The van der Waals surface area contributed by atoms with E-state index in [0.29, 0.717) is 6.54 Å². The normalized spacial score (nSPS) is 11.1. The second-order valence-electron chi connectivity index (χ2n) is 7.62. The minimum atomic E-state index is -0.403. The maximum Gasteiger partial charge on any atom is 0.165 e. The Labute approximate surface area is 181 Å². The summed E-state index contributed by atoms with van der Waals surface area (Å²) < 4.78 is 21.4. The van der Waals surface area contributed by atoms with Crippen LogP contribution in [0.4, 0.5) is 4.39 Å². The topological polar surface area (TPSA) is 43.2 Å². The maximum atomic E-state index is 14.4. The lowest BCUT2D eigenvalue weighted by atomic mass is 10.1. The van der Waals surface area contributed by atoms with Gasteiger partial charge in [0.05, 0.1) is 18.5 Å². The van der Waals surface area contributed by atoms with Crippen LogP contribution < -0.4 is 4.74 Å². The molecule has 0 unspecified atom stereocenters. The van der Waals surface area contributed by atoms with Gasteiger partial charge in [0.25, 0.3) is 0 Å². The number of aromatic nitrogens is 3. The highest BCUT2D eigenvalue weighted by Gasteiger charge is 2.17. The zero-order valence-corrected chi connectivity index (χ0v) is 17.9. The van der Waals surface area contributed by atoms with Crippen LogP contribution in [0.1, 0.15) is 16.7 Å². The van der Waals surface area contributed by atoms with E-state index in [4.69, 9.17) is 9.84 Å². The molecule has 0 bridgehead atoms. The Balaban J connectivity index is 1.71. The second kappa shape index (κ2) is 9.10. The molecule has 4 aromatic rings. The first-order valence-electron chi connectivity index (χ1n) is 10.1. The predicted molar refractivity (Wildman–Crippen MR) is 120 cm³/mol. The van der Waals surface area contributed by atoms with E-state index < -0.39 is 5.82 Å². The summed E-state index contributed by atoms with van der Waals surface area (Å²) in [6, 6.07) is 17.0. The van der Waals surface area contributed by atoms with Gasteiger partial charge < -0.3 is 4.74 Å². The van der Waals surface area contributed by atoms with Crippen LogP contribution in [-0.4, -0.2) is 33.8 Å². The van der Waals surface area contributed by atoms with Crippen LogP contribution in [0, 0.1) is 12.7 Å². The third kappa shape index (κ3) is 4.64.